The molecule has 1 rings (SSSR count). The second-order valence-corrected chi connectivity index (χ2v) is 4.58. The minimum absolute atomic E-state index is 0.319. The van der Waals surface area contributed by atoms with Crippen molar-refractivity contribution in [3.05, 3.63) is 23.9 Å². The zero-order valence-electron chi connectivity index (χ0n) is 8.34. The maximum absolute atomic E-state index is 13.6. The molecule has 2 atom stereocenters. The van der Waals surface area contributed by atoms with Crippen molar-refractivity contribution in [1.82, 2.24) is 0 Å². The number of alkyl halides is 1. The predicted molar refractivity (Wildman–Crippen MR) is 52.7 cm³/mol. The first kappa shape index (κ1) is 10.3. The van der Waals surface area contributed by atoms with Crippen LogP contribution >= 0.6 is 0 Å². The third-order valence-corrected chi connectivity index (χ3v) is 2.65. The Morgan fingerprint density at radius 3 is 2.38 bits per heavy atom. The summed E-state index contributed by atoms with van der Waals surface area (Å²) >= 11 is 0. The van der Waals surface area contributed by atoms with Gasteiger partial charge in [0.05, 0.1) is 5.54 Å². The molecule has 0 spiro atoms. The topological polar surface area (TPSA) is 52.0 Å². The molecule has 2 nitrogen and oxygen atoms in total. The zero-order valence-corrected chi connectivity index (χ0v) is 8.34. The second kappa shape index (κ2) is 2.84. The lowest BCUT2D eigenvalue weighted by atomic mass is 9.69. The molecule has 4 N–H and O–H groups in total. The first-order valence-corrected chi connectivity index (χ1v) is 4.37. The van der Waals surface area contributed by atoms with E-state index in [2.05, 4.69) is 0 Å². The molecule has 1 aliphatic carbocycles. The number of allylic oxidation sites excluding steroid dienone is 1. The molecule has 0 amide bonds. The summed E-state index contributed by atoms with van der Waals surface area (Å²) in [5.41, 5.74) is 10.6. The lowest BCUT2D eigenvalue weighted by Crippen LogP contribution is -2.57. The van der Waals surface area contributed by atoms with Crippen LogP contribution in [-0.4, -0.2) is 11.7 Å². The van der Waals surface area contributed by atoms with E-state index in [1.54, 1.807) is 12.2 Å². The highest BCUT2D eigenvalue weighted by Gasteiger charge is 2.43. The molecule has 0 saturated heterocycles. The Hall–Kier alpha value is -0.830. The Morgan fingerprint density at radius 1 is 1.46 bits per heavy atom. The summed E-state index contributed by atoms with van der Waals surface area (Å²) in [5, 5.41) is 0. The summed E-state index contributed by atoms with van der Waals surface area (Å²) < 4.78 is 13.6. The van der Waals surface area contributed by atoms with Gasteiger partial charge in [0, 0.05) is 5.70 Å². The van der Waals surface area contributed by atoms with E-state index in [-0.39, 0.29) is 5.41 Å². The summed E-state index contributed by atoms with van der Waals surface area (Å²) in [5.74, 6) is 0. The van der Waals surface area contributed by atoms with Gasteiger partial charge in [-0.3, -0.25) is 0 Å². The van der Waals surface area contributed by atoms with Crippen LogP contribution in [0.25, 0.3) is 0 Å². The van der Waals surface area contributed by atoms with Crippen LogP contribution in [0.5, 0.6) is 0 Å². The van der Waals surface area contributed by atoms with Crippen molar-refractivity contribution in [2.75, 3.05) is 0 Å². The SMILES string of the molecule is CC(C)(C)C1(N)C=CC(N)=CC1F. The molecule has 0 radical (unpaired) electrons. The fourth-order valence-corrected chi connectivity index (χ4v) is 1.35. The van der Waals surface area contributed by atoms with Gasteiger partial charge in [0.1, 0.15) is 6.17 Å². The van der Waals surface area contributed by atoms with Gasteiger partial charge in [0.2, 0.25) is 0 Å². The van der Waals surface area contributed by atoms with Crippen LogP contribution in [0.4, 0.5) is 4.39 Å². The summed E-state index contributed by atoms with van der Waals surface area (Å²) in [6, 6.07) is 0. The fourth-order valence-electron chi connectivity index (χ4n) is 1.35. The third kappa shape index (κ3) is 1.61. The van der Waals surface area contributed by atoms with Crippen molar-refractivity contribution in [2.24, 2.45) is 16.9 Å². The molecule has 0 saturated carbocycles. The summed E-state index contributed by atoms with van der Waals surface area (Å²) in [7, 11) is 0. The number of halogens is 1. The van der Waals surface area contributed by atoms with Gasteiger partial charge in [-0.1, -0.05) is 26.8 Å². The smallest absolute Gasteiger partial charge is 0.142 e. The van der Waals surface area contributed by atoms with E-state index >= 15 is 0 Å². The van der Waals surface area contributed by atoms with Gasteiger partial charge in [-0.25, -0.2) is 4.39 Å². The monoisotopic (exact) mass is 184 g/mol. The highest BCUT2D eigenvalue weighted by Crippen LogP contribution is 2.36. The average Bonchev–Trinajstić information content (AvgIpc) is 1.95. The van der Waals surface area contributed by atoms with Crippen molar-refractivity contribution in [3.63, 3.8) is 0 Å². The Balaban J connectivity index is 3.03. The Labute approximate surface area is 78.5 Å². The van der Waals surface area contributed by atoms with E-state index in [0.29, 0.717) is 5.70 Å². The van der Waals surface area contributed by atoms with E-state index in [1.165, 1.54) is 6.08 Å². The second-order valence-electron chi connectivity index (χ2n) is 4.58. The summed E-state index contributed by atoms with van der Waals surface area (Å²) in [4.78, 5) is 0. The molecule has 0 aromatic carbocycles. The maximum atomic E-state index is 13.6. The minimum atomic E-state index is -1.21. The average molecular weight is 184 g/mol. The molecule has 74 valence electrons. The predicted octanol–water partition coefficient (Wildman–Crippen LogP) is 1.48. The van der Waals surface area contributed by atoms with Gasteiger partial charge in [-0.05, 0) is 17.6 Å². The first-order valence-electron chi connectivity index (χ1n) is 4.37. The van der Waals surface area contributed by atoms with E-state index in [1.807, 2.05) is 20.8 Å². The quantitative estimate of drug-likeness (QED) is 0.599. The van der Waals surface area contributed by atoms with Crippen LogP contribution in [0.15, 0.2) is 23.9 Å². The summed E-state index contributed by atoms with van der Waals surface area (Å²) in [6.07, 6.45) is 3.48. The lowest BCUT2D eigenvalue weighted by Gasteiger charge is -2.42. The number of nitrogens with two attached hydrogens (primary N) is 2. The maximum Gasteiger partial charge on any atom is 0.142 e. The van der Waals surface area contributed by atoms with E-state index in [4.69, 9.17) is 11.5 Å². The molecule has 0 aliphatic heterocycles. The lowest BCUT2D eigenvalue weighted by molar-refractivity contribution is 0.146. The highest BCUT2D eigenvalue weighted by atomic mass is 19.1. The third-order valence-electron chi connectivity index (χ3n) is 2.65. The fraction of sp³-hybridized carbons (Fsp3) is 0.600. The van der Waals surface area contributed by atoms with Crippen LogP contribution in [0.3, 0.4) is 0 Å². The molecule has 0 heterocycles. The van der Waals surface area contributed by atoms with Crippen molar-refractivity contribution in [3.8, 4) is 0 Å². The largest absolute Gasteiger partial charge is 0.399 e. The molecule has 1 aliphatic rings. The van der Waals surface area contributed by atoms with Crippen LogP contribution in [0.1, 0.15) is 20.8 Å². The van der Waals surface area contributed by atoms with Crippen molar-refractivity contribution < 1.29 is 4.39 Å². The van der Waals surface area contributed by atoms with Crippen LogP contribution in [-0.2, 0) is 0 Å². The number of rotatable bonds is 0. The van der Waals surface area contributed by atoms with Gasteiger partial charge >= 0.3 is 0 Å². The Kier molecular flexibility index (Phi) is 2.24. The molecule has 13 heavy (non-hydrogen) atoms. The van der Waals surface area contributed by atoms with Crippen molar-refractivity contribution in [1.29, 1.82) is 0 Å². The Morgan fingerprint density at radius 2 is 2.00 bits per heavy atom. The highest BCUT2D eigenvalue weighted by molar-refractivity contribution is 5.32. The molecule has 0 fully saturated rings. The summed E-state index contributed by atoms with van der Waals surface area (Å²) in [6.45, 7) is 5.75. The van der Waals surface area contributed by atoms with Crippen LogP contribution < -0.4 is 11.5 Å². The Bertz CT molecular complexity index is 263. The van der Waals surface area contributed by atoms with Gasteiger partial charge in [0.15, 0.2) is 0 Å². The van der Waals surface area contributed by atoms with E-state index in [9.17, 15) is 4.39 Å². The van der Waals surface area contributed by atoms with Crippen LogP contribution in [0, 0.1) is 5.41 Å². The van der Waals surface area contributed by atoms with Gasteiger partial charge in [0.25, 0.3) is 0 Å². The van der Waals surface area contributed by atoms with E-state index < -0.39 is 11.7 Å². The van der Waals surface area contributed by atoms with Gasteiger partial charge < -0.3 is 11.5 Å². The van der Waals surface area contributed by atoms with Crippen molar-refractivity contribution >= 4 is 0 Å². The minimum Gasteiger partial charge on any atom is -0.399 e. The van der Waals surface area contributed by atoms with E-state index in [0.717, 1.165) is 0 Å². The normalized spacial score (nSPS) is 34.5. The first-order chi connectivity index (χ1) is 5.77. The molecule has 0 bridgehead atoms. The zero-order chi connectivity index (χ0) is 10.3. The van der Waals surface area contributed by atoms with Crippen molar-refractivity contribution in [2.45, 2.75) is 32.5 Å². The number of hydrogen-bond acceptors (Lipinski definition) is 2. The molecule has 2 unspecified atom stereocenters. The molecule has 0 aromatic rings. The molecular formula is C10H17FN2. The number of hydrogen-bond donors (Lipinski definition) is 2. The van der Waals surface area contributed by atoms with Crippen LogP contribution in [0.2, 0.25) is 0 Å². The van der Waals surface area contributed by atoms with Gasteiger partial charge in [-0.2, -0.15) is 0 Å². The molecular weight excluding hydrogens is 167 g/mol. The molecule has 3 heteroatoms. The van der Waals surface area contributed by atoms with Gasteiger partial charge in [-0.15, -0.1) is 0 Å². The standard InChI is InChI=1S/C10H17FN2/c1-9(2,3)10(13)5-4-7(12)6-8(10)11/h4-6,8H,12-13H2,1-3H3. The molecule has 0 aromatic heterocycles.